The highest BCUT2D eigenvalue weighted by molar-refractivity contribution is 5.96. The minimum Gasteiger partial charge on any atom is -0.497 e. The normalized spacial score (nSPS) is 22.1. The number of amides is 3. The van der Waals surface area contributed by atoms with E-state index in [0.29, 0.717) is 36.5 Å². The van der Waals surface area contributed by atoms with Gasteiger partial charge in [0, 0.05) is 18.4 Å². The SMILES string of the molecule is C=CCCCCC[C@H](NC(=O)OC(C)(C)C)C(=O)N1C[C@H](c2nnn(-c3ccc(OC)cc3)n2)C[C@H]1C(=O)NC1(C(=O)OCC)C[C@H]1C=C. The number of methoxy groups -OCH3 is 1. The van der Waals surface area contributed by atoms with Crippen molar-refractivity contribution in [2.45, 2.75) is 102 Å². The number of likely N-dealkylation sites (tertiary alicyclic amines) is 1. The van der Waals surface area contributed by atoms with Crippen molar-refractivity contribution in [3.05, 3.63) is 55.4 Å². The highest BCUT2D eigenvalue weighted by Crippen LogP contribution is 2.46. The summed E-state index contributed by atoms with van der Waals surface area (Å²) >= 11 is 0. The smallest absolute Gasteiger partial charge is 0.408 e. The number of alkyl carbamates (subject to hydrolysis) is 1. The van der Waals surface area contributed by atoms with Gasteiger partial charge in [-0.3, -0.25) is 9.59 Å². The Hall–Kier alpha value is -4.75. The maximum Gasteiger partial charge on any atom is 0.408 e. The molecule has 2 N–H and O–H groups in total. The third-order valence-electron chi connectivity index (χ3n) is 8.66. The monoisotopic (exact) mass is 679 g/mol. The van der Waals surface area contributed by atoms with Crippen molar-refractivity contribution in [1.82, 2.24) is 35.7 Å². The van der Waals surface area contributed by atoms with Crippen LogP contribution >= 0.6 is 0 Å². The van der Waals surface area contributed by atoms with Crippen molar-refractivity contribution in [3.8, 4) is 11.4 Å². The van der Waals surface area contributed by atoms with E-state index in [1.165, 1.54) is 9.70 Å². The van der Waals surface area contributed by atoms with Crippen molar-refractivity contribution in [3.63, 3.8) is 0 Å². The number of unbranched alkanes of at least 4 members (excludes halogenated alkanes) is 3. The first-order chi connectivity index (χ1) is 23.3. The molecule has 2 heterocycles. The molecule has 5 atom stereocenters. The quantitative estimate of drug-likeness (QED) is 0.150. The van der Waals surface area contributed by atoms with Gasteiger partial charge < -0.3 is 29.7 Å². The molecule has 0 spiro atoms. The van der Waals surface area contributed by atoms with E-state index in [1.54, 1.807) is 65.1 Å². The number of carbonyl (C=O) groups is 4. The van der Waals surface area contributed by atoms with Gasteiger partial charge in [-0.15, -0.1) is 28.2 Å². The van der Waals surface area contributed by atoms with Crippen LogP contribution in [0.1, 0.15) is 84.4 Å². The van der Waals surface area contributed by atoms with Gasteiger partial charge in [-0.2, -0.15) is 0 Å². The van der Waals surface area contributed by atoms with Gasteiger partial charge in [0.1, 0.15) is 29.0 Å². The third kappa shape index (κ3) is 9.24. The Labute approximate surface area is 287 Å². The molecule has 1 aromatic heterocycles. The number of benzene rings is 1. The van der Waals surface area contributed by atoms with Gasteiger partial charge in [0.25, 0.3) is 0 Å². The van der Waals surface area contributed by atoms with E-state index < -0.39 is 53.0 Å². The van der Waals surface area contributed by atoms with E-state index >= 15 is 0 Å². The van der Waals surface area contributed by atoms with Crippen LogP contribution in [0.25, 0.3) is 5.69 Å². The molecule has 2 aliphatic rings. The number of allylic oxidation sites excluding steroid dienone is 1. The predicted octanol–water partition coefficient (Wildman–Crippen LogP) is 4.01. The lowest BCUT2D eigenvalue weighted by atomic mass is 10.0. The second-order valence-electron chi connectivity index (χ2n) is 13.4. The summed E-state index contributed by atoms with van der Waals surface area (Å²) in [4.78, 5) is 57.2. The van der Waals surface area contributed by atoms with Gasteiger partial charge in [0.05, 0.1) is 19.4 Å². The van der Waals surface area contributed by atoms with E-state index in [4.69, 9.17) is 14.2 Å². The molecule has 2 fully saturated rings. The van der Waals surface area contributed by atoms with Crippen molar-refractivity contribution in [1.29, 1.82) is 0 Å². The summed E-state index contributed by atoms with van der Waals surface area (Å²) in [6.07, 6.45) is 6.78. The van der Waals surface area contributed by atoms with Crippen molar-refractivity contribution < 1.29 is 33.4 Å². The average Bonchev–Trinajstić information content (AvgIpc) is 3.36. The summed E-state index contributed by atoms with van der Waals surface area (Å²) < 4.78 is 16.0. The molecular weight excluding hydrogens is 630 g/mol. The second-order valence-corrected chi connectivity index (χ2v) is 13.4. The summed E-state index contributed by atoms with van der Waals surface area (Å²) in [7, 11) is 1.58. The summed E-state index contributed by atoms with van der Waals surface area (Å²) in [5.41, 5.74) is -1.38. The van der Waals surface area contributed by atoms with Gasteiger partial charge in [0.2, 0.25) is 11.8 Å². The summed E-state index contributed by atoms with van der Waals surface area (Å²) in [6.45, 7) is 14.7. The largest absolute Gasteiger partial charge is 0.497 e. The van der Waals surface area contributed by atoms with Gasteiger partial charge >= 0.3 is 12.1 Å². The van der Waals surface area contributed by atoms with Crippen LogP contribution in [0.2, 0.25) is 0 Å². The number of hydrogen-bond acceptors (Lipinski definition) is 10. The maximum atomic E-state index is 14.4. The number of nitrogens with zero attached hydrogens (tertiary/aromatic N) is 5. The van der Waals surface area contributed by atoms with E-state index in [9.17, 15) is 19.2 Å². The molecule has 1 unspecified atom stereocenters. The Morgan fingerprint density at radius 2 is 1.86 bits per heavy atom. The fourth-order valence-electron chi connectivity index (χ4n) is 6.01. The van der Waals surface area contributed by atoms with Crippen LogP contribution in [0.3, 0.4) is 0 Å². The predicted molar refractivity (Wildman–Crippen MR) is 181 cm³/mol. The third-order valence-corrected chi connectivity index (χ3v) is 8.66. The molecule has 1 aromatic carbocycles. The second kappa shape index (κ2) is 16.1. The molecular formula is C35H49N7O7. The Bertz CT molecular complexity index is 1500. The molecule has 0 bridgehead atoms. The topological polar surface area (TPSA) is 167 Å². The molecule has 1 saturated heterocycles. The molecule has 3 amide bonds. The number of esters is 1. The van der Waals surface area contributed by atoms with Crippen LogP contribution in [-0.4, -0.2) is 92.5 Å². The zero-order chi connectivity index (χ0) is 35.8. The van der Waals surface area contributed by atoms with Crippen LogP contribution in [0, 0.1) is 5.92 Å². The van der Waals surface area contributed by atoms with Crippen molar-refractivity contribution >= 4 is 23.9 Å². The fraction of sp³-hybridized carbons (Fsp3) is 0.571. The zero-order valence-electron chi connectivity index (χ0n) is 29.1. The Morgan fingerprint density at radius 3 is 2.47 bits per heavy atom. The van der Waals surface area contributed by atoms with Gasteiger partial charge in [-0.1, -0.05) is 25.0 Å². The summed E-state index contributed by atoms with van der Waals surface area (Å²) in [5.74, 6) is -1.25. The molecule has 1 aliphatic carbocycles. The number of hydrogen-bond donors (Lipinski definition) is 2. The molecule has 14 heteroatoms. The highest BCUT2D eigenvalue weighted by Gasteiger charge is 2.62. The Kier molecular flexibility index (Phi) is 12.2. The van der Waals surface area contributed by atoms with Gasteiger partial charge in [0.15, 0.2) is 5.82 Å². The summed E-state index contributed by atoms with van der Waals surface area (Å²) in [6, 6.07) is 5.17. The van der Waals surface area contributed by atoms with Crippen molar-refractivity contribution in [2.75, 3.05) is 20.3 Å². The van der Waals surface area contributed by atoms with Crippen LogP contribution in [-0.2, 0) is 23.9 Å². The Balaban J connectivity index is 1.62. The van der Waals surface area contributed by atoms with Gasteiger partial charge in [-0.25, -0.2) is 9.59 Å². The highest BCUT2D eigenvalue weighted by atomic mass is 16.6. The van der Waals surface area contributed by atoms with Gasteiger partial charge in [-0.05, 0) is 89.3 Å². The lowest BCUT2D eigenvalue weighted by Crippen LogP contribution is -2.56. The van der Waals surface area contributed by atoms with E-state index in [-0.39, 0.29) is 25.5 Å². The average molecular weight is 680 g/mol. The molecule has 14 nitrogen and oxygen atoms in total. The summed E-state index contributed by atoms with van der Waals surface area (Å²) in [5, 5.41) is 18.7. The number of aromatic nitrogens is 4. The van der Waals surface area contributed by atoms with E-state index in [2.05, 4.69) is 39.2 Å². The van der Waals surface area contributed by atoms with E-state index in [1.807, 2.05) is 6.08 Å². The molecule has 2 aromatic rings. The molecule has 4 rings (SSSR count). The number of carbonyl (C=O) groups excluding carboxylic acids is 4. The first-order valence-electron chi connectivity index (χ1n) is 16.8. The molecule has 1 saturated carbocycles. The molecule has 1 aliphatic heterocycles. The fourth-order valence-corrected chi connectivity index (χ4v) is 6.01. The lowest BCUT2D eigenvalue weighted by Gasteiger charge is -2.30. The van der Waals surface area contributed by atoms with Crippen LogP contribution in [0.15, 0.2) is 49.6 Å². The standard InChI is InChI=1S/C35H49N7O7/c1-8-11-12-13-14-15-27(36-33(46)49-34(4,5)6)31(44)41-22-23(29-38-40-42(39-29)25-16-18-26(47-7)19-17-25)20-28(41)30(43)37-35(21-24(35)9-2)32(45)48-10-3/h8-9,16-19,23-24,27-28H,1-2,10-15,20-22H2,3-7H3,(H,36,46)(H,37,43)/t23-,24-,27+,28+,35?/m1/s1. The van der Waals surface area contributed by atoms with Crippen LogP contribution in [0.4, 0.5) is 4.79 Å². The Morgan fingerprint density at radius 1 is 1.12 bits per heavy atom. The number of nitrogens with one attached hydrogen (secondary N) is 2. The molecule has 49 heavy (non-hydrogen) atoms. The zero-order valence-corrected chi connectivity index (χ0v) is 29.1. The first-order valence-corrected chi connectivity index (χ1v) is 16.8. The minimum atomic E-state index is -1.25. The maximum absolute atomic E-state index is 14.4. The van der Waals surface area contributed by atoms with Crippen LogP contribution in [0.5, 0.6) is 5.75 Å². The minimum absolute atomic E-state index is 0.0888. The number of ether oxygens (including phenoxy) is 3. The number of rotatable bonds is 16. The molecule has 0 radical (unpaired) electrons. The van der Waals surface area contributed by atoms with Crippen LogP contribution < -0.4 is 15.4 Å². The first kappa shape index (κ1) is 37.1. The lowest BCUT2D eigenvalue weighted by molar-refractivity contribution is -0.150. The number of tetrazole rings is 1. The molecule has 266 valence electrons. The van der Waals surface area contributed by atoms with Crippen molar-refractivity contribution in [2.24, 2.45) is 5.92 Å². The van der Waals surface area contributed by atoms with E-state index in [0.717, 1.165) is 19.3 Å².